The zero-order chi connectivity index (χ0) is 18.3. The van der Waals surface area contributed by atoms with Crippen LogP contribution in [0.1, 0.15) is 43.0 Å². The summed E-state index contributed by atoms with van der Waals surface area (Å²) in [4.78, 5) is 46.7. The van der Waals surface area contributed by atoms with Gasteiger partial charge in [-0.2, -0.15) is 0 Å². The third-order valence-electron chi connectivity index (χ3n) is 4.03. The fraction of sp³-hybridized carbons (Fsp3) is 0.250. The lowest BCUT2D eigenvalue weighted by molar-refractivity contribution is -0.137. The maximum atomic E-state index is 12.2. The van der Waals surface area contributed by atoms with Gasteiger partial charge in [-0.3, -0.25) is 19.2 Å². The summed E-state index contributed by atoms with van der Waals surface area (Å²) in [6, 6.07) is 0. The molecule has 8 nitrogen and oxygen atoms in total. The van der Waals surface area contributed by atoms with Gasteiger partial charge in [0, 0.05) is 11.1 Å². The van der Waals surface area contributed by atoms with Crippen molar-refractivity contribution in [2.75, 3.05) is 0 Å². The second-order valence-electron chi connectivity index (χ2n) is 5.45. The van der Waals surface area contributed by atoms with Crippen LogP contribution in [0.3, 0.4) is 0 Å². The summed E-state index contributed by atoms with van der Waals surface area (Å²) in [6.07, 6.45) is -1.08. The number of aliphatic carboxylic acids is 2. The predicted molar refractivity (Wildman–Crippen MR) is 79.5 cm³/mol. The zero-order valence-electron chi connectivity index (χ0n) is 12.8. The minimum atomic E-state index is -1.23. The van der Waals surface area contributed by atoms with Crippen molar-refractivity contribution in [3.8, 4) is 0 Å². The molecule has 24 heavy (non-hydrogen) atoms. The first-order valence-electron chi connectivity index (χ1n) is 6.88. The number of rotatable bonds is 4. The maximum absolute atomic E-state index is 12.2. The number of carboxylic acids is 2. The molecule has 0 atom stereocenters. The number of benzene rings is 1. The minimum absolute atomic E-state index is 0.103. The molecule has 0 spiro atoms. The van der Waals surface area contributed by atoms with Gasteiger partial charge in [-0.15, -0.1) is 0 Å². The molecule has 0 unspecified atom stereocenters. The zero-order valence-corrected chi connectivity index (χ0v) is 12.8. The Morgan fingerprint density at radius 2 is 1.04 bits per heavy atom. The number of Topliss-reactive ketones (excluding diaryl/α,β-unsaturated/α-hetero) is 2. The van der Waals surface area contributed by atoms with Crippen LogP contribution < -0.4 is 0 Å². The van der Waals surface area contributed by atoms with Crippen LogP contribution in [0.15, 0.2) is 11.5 Å². The Bertz CT molecular complexity index is 775. The highest BCUT2D eigenvalue weighted by Crippen LogP contribution is 2.34. The Labute approximate surface area is 135 Å². The lowest BCUT2D eigenvalue weighted by Crippen LogP contribution is -2.27. The topological polar surface area (TPSA) is 149 Å². The summed E-state index contributed by atoms with van der Waals surface area (Å²) in [7, 11) is 0. The Morgan fingerprint density at radius 1 is 0.750 bits per heavy atom. The molecule has 2 rings (SSSR count). The molecule has 1 aliphatic rings. The summed E-state index contributed by atoms with van der Waals surface area (Å²) in [5.41, 5.74) is 0.00246. The molecule has 0 radical (unpaired) electrons. The highest BCUT2D eigenvalue weighted by molar-refractivity contribution is 6.26. The van der Waals surface area contributed by atoms with Gasteiger partial charge in [0.2, 0.25) is 23.1 Å². The molecule has 0 fully saturated rings. The number of allylic oxidation sites excluding steroid dienone is 2. The average Bonchev–Trinajstić information content (AvgIpc) is 2.49. The molecular formula is C16H14O8. The van der Waals surface area contributed by atoms with Gasteiger partial charge in [-0.25, -0.2) is 0 Å². The first-order chi connectivity index (χ1) is 11.1. The van der Waals surface area contributed by atoms with Crippen molar-refractivity contribution in [2.24, 2.45) is 0 Å². The molecule has 0 saturated carbocycles. The second-order valence-corrected chi connectivity index (χ2v) is 5.45. The maximum Gasteiger partial charge on any atom is 0.307 e. The first-order valence-corrected chi connectivity index (χ1v) is 6.88. The van der Waals surface area contributed by atoms with Gasteiger partial charge < -0.3 is 20.4 Å². The monoisotopic (exact) mass is 334 g/mol. The van der Waals surface area contributed by atoms with Gasteiger partial charge in [0.15, 0.2) is 0 Å². The van der Waals surface area contributed by atoms with Crippen LogP contribution in [0.4, 0.5) is 0 Å². The molecule has 8 heteroatoms. The van der Waals surface area contributed by atoms with Crippen molar-refractivity contribution in [3.63, 3.8) is 0 Å². The lowest BCUT2D eigenvalue weighted by atomic mass is 9.79. The number of aliphatic hydroxyl groups is 2. The van der Waals surface area contributed by atoms with E-state index in [1.165, 1.54) is 13.8 Å². The number of aliphatic hydroxyl groups excluding tert-OH is 2. The van der Waals surface area contributed by atoms with Gasteiger partial charge in [-0.05, 0) is 36.1 Å². The molecule has 4 N–H and O–H groups in total. The molecule has 0 saturated heterocycles. The highest BCUT2D eigenvalue weighted by atomic mass is 16.4. The normalized spacial score (nSPS) is 13.9. The van der Waals surface area contributed by atoms with Crippen LogP contribution >= 0.6 is 0 Å². The quantitative estimate of drug-likeness (QED) is 0.643. The van der Waals surface area contributed by atoms with E-state index in [1.54, 1.807) is 0 Å². The Balaban J connectivity index is 2.91. The summed E-state index contributed by atoms with van der Waals surface area (Å²) in [5, 5.41) is 37.3. The average molecular weight is 334 g/mol. The van der Waals surface area contributed by atoms with Gasteiger partial charge in [-0.1, -0.05) is 0 Å². The molecule has 0 amide bonds. The Morgan fingerprint density at radius 3 is 1.29 bits per heavy atom. The molecular weight excluding hydrogens is 320 g/mol. The van der Waals surface area contributed by atoms with E-state index in [0.717, 1.165) is 0 Å². The van der Waals surface area contributed by atoms with Crippen molar-refractivity contribution >= 4 is 23.5 Å². The SMILES string of the molecule is Cc1c(CC(=O)O)c(CC(=O)O)c(C)c2c1C(=O)C(O)=C(O)C2=O. The summed E-state index contributed by atoms with van der Waals surface area (Å²) < 4.78 is 0. The van der Waals surface area contributed by atoms with E-state index in [4.69, 9.17) is 10.2 Å². The smallest absolute Gasteiger partial charge is 0.307 e. The summed E-state index contributed by atoms with van der Waals surface area (Å²) >= 11 is 0. The number of carbonyl (C=O) groups is 4. The van der Waals surface area contributed by atoms with E-state index in [-0.39, 0.29) is 33.4 Å². The predicted octanol–water partition coefficient (Wildman–Crippen LogP) is 1.26. The molecule has 0 heterocycles. The standard InChI is InChI=1S/C16H14O8/c1-5-7(3-9(17)18)8(4-10(19)20)6(2)12-11(5)13(21)15(23)16(24)14(12)22/h23-24H,3-4H2,1-2H3,(H,17,18)(H,19,20). The van der Waals surface area contributed by atoms with Gasteiger partial charge in [0.1, 0.15) is 0 Å². The fourth-order valence-corrected chi connectivity index (χ4v) is 2.93. The molecule has 1 aliphatic carbocycles. The first kappa shape index (κ1) is 17.2. The third kappa shape index (κ3) is 2.51. The van der Waals surface area contributed by atoms with Crippen LogP contribution in [-0.2, 0) is 22.4 Å². The van der Waals surface area contributed by atoms with Crippen molar-refractivity contribution in [2.45, 2.75) is 26.7 Å². The van der Waals surface area contributed by atoms with E-state index < -0.39 is 47.9 Å². The van der Waals surface area contributed by atoms with E-state index in [9.17, 15) is 29.4 Å². The number of fused-ring (bicyclic) bond motifs is 1. The summed E-state index contributed by atoms with van der Waals surface area (Å²) in [5.74, 6) is -6.69. The van der Waals surface area contributed by atoms with E-state index in [1.807, 2.05) is 0 Å². The van der Waals surface area contributed by atoms with Gasteiger partial charge >= 0.3 is 11.9 Å². The molecule has 0 aliphatic heterocycles. The van der Waals surface area contributed by atoms with Crippen molar-refractivity contribution in [1.82, 2.24) is 0 Å². The fourth-order valence-electron chi connectivity index (χ4n) is 2.93. The molecule has 0 bridgehead atoms. The van der Waals surface area contributed by atoms with E-state index in [2.05, 4.69) is 0 Å². The van der Waals surface area contributed by atoms with Crippen LogP contribution in [-0.4, -0.2) is 43.9 Å². The number of hydrogen-bond donors (Lipinski definition) is 4. The van der Waals surface area contributed by atoms with Crippen LogP contribution in [0.2, 0.25) is 0 Å². The third-order valence-corrected chi connectivity index (χ3v) is 4.03. The number of carbonyl (C=O) groups excluding carboxylic acids is 2. The lowest BCUT2D eigenvalue weighted by Gasteiger charge is -2.23. The largest absolute Gasteiger partial charge is 0.501 e. The van der Waals surface area contributed by atoms with Gasteiger partial charge in [0.05, 0.1) is 12.8 Å². The molecule has 126 valence electrons. The summed E-state index contributed by atoms with van der Waals surface area (Å²) in [6.45, 7) is 2.76. The van der Waals surface area contributed by atoms with Crippen molar-refractivity contribution in [3.05, 3.63) is 44.9 Å². The van der Waals surface area contributed by atoms with Crippen LogP contribution in [0, 0.1) is 13.8 Å². The number of ketones is 2. The van der Waals surface area contributed by atoms with Crippen LogP contribution in [0.25, 0.3) is 0 Å². The second kappa shape index (κ2) is 5.80. The number of hydrogen-bond acceptors (Lipinski definition) is 6. The molecule has 1 aromatic carbocycles. The van der Waals surface area contributed by atoms with Crippen molar-refractivity contribution in [1.29, 1.82) is 0 Å². The van der Waals surface area contributed by atoms with E-state index >= 15 is 0 Å². The van der Waals surface area contributed by atoms with E-state index in [0.29, 0.717) is 0 Å². The minimum Gasteiger partial charge on any atom is -0.501 e. The van der Waals surface area contributed by atoms with Crippen LogP contribution in [0.5, 0.6) is 0 Å². The highest BCUT2D eigenvalue weighted by Gasteiger charge is 2.37. The molecule has 1 aromatic rings. The number of carboxylic acid groups (broad SMARTS) is 2. The Kier molecular flexibility index (Phi) is 4.16. The van der Waals surface area contributed by atoms with Gasteiger partial charge in [0.25, 0.3) is 0 Å². The van der Waals surface area contributed by atoms with Crippen molar-refractivity contribution < 1.29 is 39.6 Å². The Hall–Kier alpha value is -3.16. The molecule has 0 aromatic heterocycles.